The summed E-state index contributed by atoms with van der Waals surface area (Å²) < 4.78 is 1.68. The molecule has 20 heavy (non-hydrogen) atoms. The van der Waals surface area contributed by atoms with Crippen molar-refractivity contribution in [1.29, 1.82) is 0 Å². The zero-order valence-electron chi connectivity index (χ0n) is 11.8. The lowest BCUT2D eigenvalue weighted by molar-refractivity contribution is 0.0682. The topological polar surface area (TPSA) is 59.3 Å². The van der Waals surface area contributed by atoms with Crippen LogP contribution in [0, 0.1) is 13.8 Å². The molecule has 0 saturated heterocycles. The van der Waals surface area contributed by atoms with Crippen LogP contribution in [0.1, 0.15) is 41.5 Å². The quantitative estimate of drug-likeness (QED) is 0.921. The van der Waals surface area contributed by atoms with Crippen LogP contribution in [-0.4, -0.2) is 15.6 Å². The summed E-state index contributed by atoms with van der Waals surface area (Å²) in [6.07, 6.45) is 0. The molecule has 0 unspecified atom stereocenters. The zero-order valence-corrected chi connectivity index (χ0v) is 12.6. The van der Waals surface area contributed by atoms with Crippen molar-refractivity contribution >= 4 is 28.5 Å². The Kier molecular flexibility index (Phi) is 3.61. The molecule has 5 heteroatoms. The molecule has 0 saturated carbocycles. The molecule has 0 amide bonds. The van der Waals surface area contributed by atoms with Crippen LogP contribution < -0.4 is 5.43 Å². The number of rotatable bonds is 2. The van der Waals surface area contributed by atoms with Crippen molar-refractivity contribution in [3.05, 3.63) is 44.2 Å². The van der Waals surface area contributed by atoms with Gasteiger partial charge in [-0.2, -0.15) is 0 Å². The van der Waals surface area contributed by atoms with E-state index in [1.165, 1.54) is 6.92 Å². The molecule has 0 aliphatic carbocycles. The molecule has 0 aliphatic rings. The first kappa shape index (κ1) is 14.6. The van der Waals surface area contributed by atoms with Gasteiger partial charge in [0.15, 0.2) is 5.43 Å². The van der Waals surface area contributed by atoms with E-state index in [1.54, 1.807) is 16.7 Å². The number of aromatic carboxylic acids is 1. The molecule has 2 aromatic rings. The van der Waals surface area contributed by atoms with Gasteiger partial charge in [0.2, 0.25) is 0 Å². The molecule has 2 rings (SSSR count). The smallest absolute Gasteiger partial charge is 0.352 e. The number of carboxylic acids is 1. The van der Waals surface area contributed by atoms with Gasteiger partial charge >= 0.3 is 5.97 Å². The minimum Gasteiger partial charge on any atom is -0.477 e. The lowest BCUT2D eigenvalue weighted by atomic mass is 10.0. The van der Waals surface area contributed by atoms with Crippen molar-refractivity contribution < 1.29 is 9.90 Å². The van der Waals surface area contributed by atoms with Gasteiger partial charge in [-0.1, -0.05) is 17.7 Å². The maximum atomic E-state index is 12.4. The second-order valence-electron chi connectivity index (χ2n) is 5.16. The summed E-state index contributed by atoms with van der Waals surface area (Å²) in [4.78, 5) is 24.0. The zero-order chi connectivity index (χ0) is 15.2. The van der Waals surface area contributed by atoms with E-state index >= 15 is 0 Å². The van der Waals surface area contributed by atoms with Gasteiger partial charge in [-0.25, -0.2) is 4.79 Å². The minimum absolute atomic E-state index is 0.0304. The normalized spacial score (nSPS) is 11.3. The number of pyridine rings is 1. The van der Waals surface area contributed by atoms with Crippen LogP contribution in [0.4, 0.5) is 0 Å². The van der Waals surface area contributed by atoms with Gasteiger partial charge in [0.25, 0.3) is 0 Å². The Morgan fingerprint density at radius 2 is 1.90 bits per heavy atom. The summed E-state index contributed by atoms with van der Waals surface area (Å²) in [6.45, 7) is 7.15. The molecule has 1 heterocycles. The molecule has 0 fully saturated rings. The van der Waals surface area contributed by atoms with Gasteiger partial charge in [-0.3, -0.25) is 4.79 Å². The number of hydrogen-bond acceptors (Lipinski definition) is 2. The Bertz CT molecular complexity index is 775. The Labute approximate surface area is 121 Å². The van der Waals surface area contributed by atoms with Crippen molar-refractivity contribution in [2.75, 3.05) is 0 Å². The van der Waals surface area contributed by atoms with Crippen LogP contribution in [0.2, 0.25) is 5.02 Å². The van der Waals surface area contributed by atoms with Crippen LogP contribution in [0.15, 0.2) is 16.9 Å². The van der Waals surface area contributed by atoms with Crippen molar-refractivity contribution in [1.82, 2.24) is 4.57 Å². The van der Waals surface area contributed by atoms with Crippen LogP contribution in [0.5, 0.6) is 0 Å². The van der Waals surface area contributed by atoms with E-state index in [2.05, 4.69) is 0 Å². The molecule has 1 aromatic carbocycles. The van der Waals surface area contributed by atoms with Crippen LogP contribution in [0.25, 0.3) is 10.9 Å². The Balaban J connectivity index is 3.22. The highest BCUT2D eigenvalue weighted by Gasteiger charge is 2.23. The average molecular weight is 294 g/mol. The number of benzene rings is 1. The summed E-state index contributed by atoms with van der Waals surface area (Å²) in [7, 11) is 0. The highest BCUT2D eigenvalue weighted by molar-refractivity contribution is 6.35. The number of carbonyl (C=O) groups is 1. The Hall–Kier alpha value is -1.81. The molecular weight excluding hydrogens is 278 g/mol. The Morgan fingerprint density at radius 1 is 1.30 bits per heavy atom. The van der Waals surface area contributed by atoms with E-state index in [0.29, 0.717) is 15.9 Å². The third-order valence-electron chi connectivity index (χ3n) is 3.45. The molecular formula is C15H16ClNO3. The van der Waals surface area contributed by atoms with Crippen molar-refractivity contribution in [3.63, 3.8) is 0 Å². The predicted molar refractivity (Wildman–Crippen MR) is 80.0 cm³/mol. The molecule has 0 radical (unpaired) electrons. The molecule has 0 aliphatic heterocycles. The van der Waals surface area contributed by atoms with Gasteiger partial charge in [0.05, 0.1) is 15.9 Å². The largest absolute Gasteiger partial charge is 0.477 e. The first-order valence-electron chi connectivity index (χ1n) is 6.34. The van der Waals surface area contributed by atoms with Crippen molar-refractivity contribution in [2.24, 2.45) is 0 Å². The SMILES string of the molecule is Cc1c(C(=O)O)n(C(C)C)c2c(C)ccc(Cl)c2c1=O. The number of fused-ring (bicyclic) bond motifs is 1. The molecule has 1 N–H and O–H groups in total. The second kappa shape index (κ2) is 4.94. The van der Waals surface area contributed by atoms with E-state index in [1.807, 2.05) is 20.8 Å². The monoisotopic (exact) mass is 293 g/mol. The third kappa shape index (κ3) is 2.00. The maximum Gasteiger partial charge on any atom is 0.352 e. The first-order chi connectivity index (χ1) is 9.27. The number of aromatic nitrogens is 1. The minimum atomic E-state index is -1.10. The molecule has 0 atom stereocenters. The predicted octanol–water partition coefficient (Wildman–Crippen LogP) is 3.55. The third-order valence-corrected chi connectivity index (χ3v) is 3.77. The molecule has 0 spiro atoms. The highest BCUT2D eigenvalue weighted by Crippen LogP contribution is 2.28. The van der Waals surface area contributed by atoms with Gasteiger partial charge < -0.3 is 9.67 Å². The van der Waals surface area contributed by atoms with Gasteiger partial charge in [0.1, 0.15) is 5.69 Å². The molecule has 0 bridgehead atoms. The van der Waals surface area contributed by atoms with Crippen molar-refractivity contribution in [2.45, 2.75) is 33.7 Å². The summed E-state index contributed by atoms with van der Waals surface area (Å²) in [5, 5.41) is 10.2. The maximum absolute atomic E-state index is 12.4. The summed E-state index contributed by atoms with van der Waals surface area (Å²) >= 11 is 6.15. The van der Waals surface area contributed by atoms with Crippen molar-refractivity contribution in [3.8, 4) is 0 Å². The van der Waals surface area contributed by atoms with Crippen LogP contribution in [-0.2, 0) is 0 Å². The van der Waals surface area contributed by atoms with Crippen LogP contribution >= 0.6 is 11.6 Å². The Morgan fingerprint density at radius 3 is 2.40 bits per heavy atom. The molecule has 1 aromatic heterocycles. The van der Waals surface area contributed by atoms with E-state index in [-0.39, 0.29) is 22.7 Å². The van der Waals surface area contributed by atoms with E-state index in [4.69, 9.17) is 11.6 Å². The average Bonchev–Trinajstić information content (AvgIpc) is 2.35. The molecule has 4 nitrogen and oxygen atoms in total. The summed E-state index contributed by atoms with van der Waals surface area (Å²) in [6, 6.07) is 3.37. The van der Waals surface area contributed by atoms with E-state index < -0.39 is 5.97 Å². The highest BCUT2D eigenvalue weighted by atomic mass is 35.5. The molecule has 106 valence electrons. The fraction of sp³-hybridized carbons (Fsp3) is 0.333. The standard InChI is InChI=1S/C15H16ClNO3/c1-7(2)17-12-8(3)5-6-10(16)11(12)14(18)9(4)13(17)15(19)20/h5-7H,1-4H3,(H,19,20). The van der Waals surface area contributed by atoms with Gasteiger partial charge in [0, 0.05) is 11.6 Å². The first-order valence-corrected chi connectivity index (χ1v) is 6.72. The fourth-order valence-corrected chi connectivity index (χ4v) is 2.80. The van der Waals surface area contributed by atoms with Gasteiger partial charge in [-0.05, 0) is 39.3 Å². The summed E-state index contributed by atoms with van der Waals surface area (Å²) in [5.41, 5.74) is 1.36. The lowest BCUT2D eigenvalue weighted by Gasteiger charge is -2.21. The second-order valence-corrected chi connectivity index (χ2v) is 5.57. The number of aryl methyl sites for hydroxylation is 1. The number of nitrogens with zero attached hydrogens (tertiary/aromatic N) is 1. The fourth-order valence-electron chi connectivity index (χ4n) is 2.56. The summed E-state index contributed by atoms with van der Waals surface area (Å²) in [5.74, 6) is -1.10. The number of hydrogen-bond donors (Lipinski definition) is 1. The number of halogens is 1. The van der Waals surface area contributed by atoms with Gasteiger partial charge in [-0.15, -0.1) is 0 Å². The van der Waals surface area contributed by atoms with Crippen LogP contribution in [0.3, 0.4) is 0 Å². The van der Waals surface area contributed by atoms with E-state index in [9.17, 15) is 14.7 Å². The number of carboxylic acid groups (broad SMARTS) is 1. The lowest BCUT2D eigenvalue weighted by Crippen LogP contribution is -2.24. The van der Waals surface area contributed by atoms with E-state index in [0.717, 1.165) is 5.56 Å².